The van der Waals surface area contributed by atoms with Crippen molar-refractivity contribution in [1.82, 2.24) is 19.9 Å². The maximum Gasteiger partial charge on any atom is 0.265 e. The second-order valence-corrected chi connectivity index (χ2v) is 10.9. The van der Waals surface area contributed by atoms with Crippen molar-refractivity contribution < 1.29 is 9.53 Å². The molecule has 39 heavy (non-hydrogen) atoms. The van der Waals surface area contributed by atoms with Gasteiger partial charge in [0.15, 0.2) is 0 Å². The lowest BCUT2D eigenvalue weighted by Crippen LogP contribution is -2.36. The molecular formula is C27H30N8O3S. The van der Waals surface area contributed by atoms with E-state index in [2.05, 4.69) is 48.3 Å². The molecule has 0 saturated carbocycles. The fourth-order valence-corrected chi connectivity index (χ4v) is 6.27. The number of benzene rings is 1. The highest BCUT2D eigenvalue weighted by Gasteiger charge is 2.23. The summed E-state index contributed by atoms with van der Waals surface area (Å²) in [5, 5.41) is 3.20. The van der Waals surface area contributed by atoms with Crippen LogP contribution >= 0.6 is 11.3 Å². The molecule has 4 N–H and O–H groups in total. The van der Waals surface area contributed by atoms with Crippen LogP contribution in [0.4, 0.5) is 17.3 Å². The van der Waals surface area contributed by atoms with E-state index >= 15 is 0 Å². The monoisotopic (exact) mass is 546 g/mol. The maximum absolute atomic E-state index is 12.1. The zero-order valence-corrected chi connectivity index (χ0v) is 22.5. The number of amides is 1. The molecule has 1 aromatic carbocycles. The Kier molecular flexibility index (Phi) is 6.88. The minimum Gasteiger partial charge on any atom is -0.378 e. The molecule has 2 saturated heterocycles. The van der Waals surface area contributed by atoms with E-state index in [-0.39, 0.29) is 17.6 Å². The molecule has 202 valence electrons. The van der Waals surface area contributed by atoms with E-state index in [0.29, 0.717) is 13.2 Å². The van der Waals surface area contributed by atoms with Gasteiger partial charge in [0, 0.05) is 54.2 Å². The van der Waals surface area contributed by atoms with Crippen molar-refractivity contribution in [2.45, 2.75) is 25.8 Å². The normalized spacial score (nSPS) is 16.5. The number of H-pyrrole nitrogens is 1. The summed E-state index contributed by atoms with van der Waals surface area (Å²) in [6, 6.07) is 8.55. The number of hydrogen-bond donors (Lipinski definition) is 3. The van der Waals surface area contributed by atoms with Gasteiger partial charge in [-0.15, -0.1) is 11.3 Å². The van der Waals surface area contributed by atoms with Crippen LogP contribution in [0.2, 0.25) is 0 Å². The van der Waals surface area contributed by atoms with Gasteiger partial charge >= 0.3 is 0 Å². The van der Waals surface area contributed by atoms with Crippen LogP contribution in [0.15, 0.2) is 41.6 Å². The van der Waals surface area contributed by atoms with Crippen molar-refractivity contribution in [2.24, 2.45) is 5.73 Å². The molecule has 1 atom stereocenters. The molecule has 2 aliphatic rings. The molecule has 12 heteroatoms. The Balaban J connectivity index is 1.35. The summed E-state index contributed by atoms with van der Waals surface area (Å²) >= 11 is 1.61. The Labute approximate surface area is 229 Å². The highest BCUT2D eigenvalue weighted by Crippen LogP contribution is 2.41. The number of nitrogens with zero attached hydrogens (tertiary/aromatic N) is 5. The molecule has 0 aliphatic carbocycles. The molecule has 0 bridgehead atoms. The largest absolute Gasteiger partial charge is 0.378 e. The van der Waals surface area contributed by atoms with Gasteiger partial charge < -0.3 is 25.6 Å². The van der Waals surface area contributed by atoms with Crippen molar-refractivity contribution >= 4 is 44.8 Å². The summed E-state index contributed by atoms with van der Waals surface area (Å²) in [6.07, 6.45) is 5.25. The highest BCUT2D eigenvalue weighted by molar-refractivity contribution is 7.19. The Morgan fingerprint density at radius 3 is 2.64 bits per heavy atom. The average Bonchev–Trinajstić information content (AvgIpc) is 3.64. The van der Waals surface area contributed by atoms with Gasteiger partial charge in [-0.05, 0) is 44.0 Å². The molecule has 6 rings (SSSR count). The van der Waals surface area contributed by atoms with E-state index in [4.69, 9.17) is 15.5 Å². The third-order valence-electron chi connectivity index (χ3n) is 7.23. The quantitative estimate of drug-likeness (QED) is 0.319. The first-order chi connectivity index (χ1) is 19.0. The number of aromatic nitrogens is 4. The number of nitrogens with one attached hydrogen (secondary N) is 2. The Hall–Kier alpha value is -4.03. The molecule has 0 spiro atoms. The van der Waals surface area contributed by atoms with Crippen molar-refractivity contribution in [1.29, 1.82) is 0 Å². The number of fused-ring (bicyclic) bond motifs is 1. The van der Waals surface area contributed by atoms with E-state index in [9.17, 15) is 9.59 Å². The van der Waals surface area contributed by atoms with E-state index in [1.807, 2.05) is 13.0 Å². The van der Waals surface area contributed by atoms with Crippen molar-refractivity contribution in [3.05, 3.63) is 57.6 Å². The number of anilines is 3. The third-order valence-corrected chi connectivity index (χ3v) is 8.55. The van der Waals surface area contributed by atoms with Crippen molar-refractivity contribution in [3.8, 4) is 11.3 Å². The summed E-state index contributed by atoms with van der Waals surface area (Å²) < 4.78 is 6.63. The fraction of sp³-hybridized carbons (Fsp3) is 0.370. The van der Waals surface area contributed by atoms with Gasteiger partial charge in [0.05, 0.1) is 35.2 Å². The topological polar surface area (TPSA) is 142 Å². The standard InChI is InChI=1S/C27H30N8O3S/c1-16(32-27-29-14-19(25(28)36)26(37)33-27)22-13-20-24(39-22)23(31-15-30-20)18-5-4-17(34-6-2-3-7-34)12-21(18)35-8-10-38-11-9-35/h4-5,12-16H,2-3,6-11H2,1H3,(H2,28,36)(H2,29,32,33,37). The number of hydrogen-bond acceptors (Lipinski definition) is 10. The summed E-state index contributed by atoms with van der Waals surface area (Å²) in [6.45, 7) is 7.23. The molecule has 5 heterocycles. The minimum absolute atomic E-state index is 0.179. The summed E-state index contributed by atoms with van der Waals surface area (Å²) in [5.74, 6) is -0.558. The first-order valence-electron chi connectivity index (χ1n) is 13.1. The maximum atomic E-state index is 12.1. The van der Waals surface area contributed by atoms with Crippen LogP contribution in [-0.2, 0) is 4.74 Å². The average molecular weight is 547 g/mol. The van der Waals surface area contributed by atoms with Gasteiger partial charge in [-0.25, -0.2) is 15.0 Å². The van der Waals surface area contributed by atoms with Gasteiger partial charge in [0.25, 0.3) is 11.5 Å². The Morgan fingerprint density at radius 1 is 1.10 bits per heavy atom. The molecular weight excluding hydrogens is 516 g/mol. The van der Waals surface area contributed by atoms with Crippen LogP contribution < -0.4 is 26.4 Å². The lowest BCUT2D eigenvalue weighted by molar-refractivity contribution is 0.0998. The van der Waals surface area contributed by atoms with Gasteiger partial charge in [0.2, 0.25) is 5.95 Å². The number of morpholine rings is 1. The van der Waals surface area contributed by atoms with Gasteiger partial charge in [0.1, 0.15) is 11.9 Å². The lowest BCUT2D eigenvalue weighted by atomic mass is 10.1. The molecule has 1 amide bonds. The smallest absolute Gasteiger partial charge is 0.265 e. The molecule has 1 unspecified atom stereocenters. The number of nitrogens with two attached hydrogens (primary N) is 1. The van der Waals surface area contributed by atoms with Crippen molar-refractivity contribution in [2.75, 3.05) is 54.5 Å². The number of ether oxygens (including phenoxy) is 1. The Bertz CT molecular complexity index is 1570. The molecule has 2 aliphatic heterocycles. The second kappa shape index (κ2) is 10.6. The number of thiophene rings is 1. The second-order valence-electron chi connectivity index (χ2n) is 9.79. The molecule has 3 aromatic heterocycles. The zero-order valence-electron chi connectivity index (χ0n) is 21.6. The van der Waals surface area contributed by atoms with E-state index in [1.165, 1.54) is 30.4 Å². The van der Waals surface area contributed by atoms with Gasteiger partial charge in [-0.3, -0.25) is 14.6 Å². The summed E-state index contributed by atoms with van der Waals surface area (Å²) in [5.41, 5.74) is 9.71. The van der Waals surface area contributed by atoms with Gasteiger partial charge in [-0.1, -0.05) is 0 Å². The van der Waals surface area contributed by atoms with Crippen LogP contribution in [0.1, 0.15) is 41.0 Å². The first-order valence-corrected chi connectivity index (χ1v) is 13.9. The predicted molar refractivity (Wildman–Crippen MR) is 153 cm³/mol. The molecule has 0 radical (unpaired) electrons. The number of carbonyl (C=O) groups is 1. The highest BCUT2D eigenvalue weighted by atomic mass is 32.1. The molecule has 11 nitrogen and oxygen atoms in total. The zero-order chi connectivity index (χ0) is 26.9. The van der Waals surface area contributed by atoms with Crippen LogP contribution in [-0.4, -0.2) is 65.2 Å². The molecule has 4 aromatic rings. The van der Waals surface area contributed by atoms with E-state index < -0.39 is 11.5 Å². The lowest BCUT2D eigenvalue weighted by Gasteiger charge is -2.32. The number of carbonyl (C=O) groups excluding carboxylic acids is 1. The SMILES string of the molecule is CC(Nc1ncc(C(N)=O)c(=O)[nH]1)c1cc2ncnc(-c3ccc(N4CCCC4)cc3N3CCOCC3)c2s1. The number of aromatic amines is 1. The van der Waals surface area contributed by atoms with Crippen LogP contribution in [0.25, 0.3) is 21.5 Å². The number of primary amides is 1. The van der Waals surface area contributed by atoms with E-state index in [0.717, 1.165) is 52.5 Å². The van der Waals surface area contributed by atoms with Crippen LogP contribution in [0, 0.1) is 0 Å². The summed E-state index contributed by atoms with van der Waals surface area (Å²) in [7, 11) is 0. The summed E-state index contributed by atoms with van der Waals surface area (Å²) in [4.78, 5) is 45.4. The van der Waals surface area contributed by atoms with Gasteiger partial charge in [-0.2, -0.15) is 0 Å². The Morgan fingerprint density at radius 2 is 1.90 bits per heavy atom. The fourth-order valence-electron chi connectivity index (χ4n) is 5.16. The van der Waals surface area contributed by atoms with E-state index in [1.54, 1.807) is 17.7 Å². The minimum atomic E-state index is -0.816. The first kappa shape index (κ1) is 25.3. The van der Waals surface area contributed by atoms with Crippen LogP contribution in [0.5, 0.6) is 0 Å². The third kappa shape index (κ3) is 5.04. The van der Waals surface area contributed by atoms with Crippen LogP contribution in [0.3, 0.4) is 0 Å². The molecule has 2 fully saturated rings. The van der Waals surface area contributed by atoms with Crippen molar-refractivity contribution in [3.63, 3.8) is 0 Å². The number of rotatable bonds is 7. The predicted octanol–water partition coefficient (Wildman–Crippen LogP) is 3.15.